The van der Waals surface area contributed by atoms with Crippen LogP contribution in [0.2, 0.25) is 0 Å². The lowest BCUT2D eigenvalue weighted by Crippen LogP contribution is -2.40. The standard InChI is InChI=1S/C13H16N2O/c1-15-12-4-2-9(11-7-14-8-11)6-10(12)3-5-13(15)16/h2,4,6,11,14H,3,5,7-8H2,1H3. The Labute approximate surface area is 95.4 Å². The first-order valence-corrected chi connectivity index (χ1v) is 5.86. The first-order valence-electron chi connectivity index (χ1n) is 5.86. The maximum absolute atomic E-state index is 11.6. The van der Waals surface area contributed by atoms with Crippen LogP contribution in [0.5, 0.6) is 0 Å². The van der Waals surface area contributed by atoms with Crippen molar-refractivity contribution in [2.45, 2.75) is 18.8 Å². The Bertz CT molecular complexity index is 438. The number of hydrogen-bond donors (Lipinski definition) is 1. The van der Waals surface area contributed by atoms with Crippen LogP contribution in [0.1, 0.15) is 23.5 Å². The third kappa shape index (κ3) is 1.43. The quantitative estimate of drug-likeness (QED) is 0.767. The predicted octanol–water partition coefficient (Wildman–Crippen LogP) is 1.28. The van der Waals surface area contributed by atoms with E-state index in [1.807, 2.05) is 7.05 Å². The molecule has 1 amide bonds. The summed E-state index contributed by atoms with van der Waals surface area (Å²) in [7, 11) is 1.87. The van der Waals surface area contributed by atoms with Crippen molar-refractivity contribution in [3.05, 3.63) is 29.3 Å². The number of fused-ring (bicyclic) bond motifs is 1. The molecule has 84 valence electrons. The van der Waals surface area contributed by atoms with Crippen molar-refractivity contribution in [1.29, 1.82) is 0 Å². The van der Waals surface area contributed by atoms with Gasteiger partial charge in [0.25, 0.3) is 0 Å². The smallest absolute Gasteiger partial charge is 0.227 e. The molecule has 3 nitrogen and oxygen atoms in total. The van der Waals surface area contributed by atoms with Crippen LogP contribution in [0.4, 0.5) is 5.69 Å². The van der Waals surface area contributed by atoms with Gasteiger partial charge in [-0.3, -0.25) is 4.79 Å². The lowest BCUT2D eigenvalue weighted by Gasteiger charge is -2.30. The highest BCUT2D eigenvalue weighted by Gasteiger charge is 2.24. The van der Waals surface area contributed by atoms with Crippen molar-refractivity contribution in [3.8, 4) is 0 Å². The van der Waals surface area contributed by atoms with Gasteiger partial charge in [-0.15, -0.1) is 0 Å². The maximum Gasteiger partial charge on any atom is 0.227 e. The van der Waals surface area contributed by atoms with Crippen molar-refractivity contribution >= 4 is 11.6 Å². The van der Waals surface area contributed by atoms with E-state index in [-0.39, 0.29) is 5.91 Å². The van der Waals surface area contributed by atoms with Gasteiger partial charge < -0.3 is 10.2 Å². The summed E-state index contributed by atoms with van der Waals surface area (Å²) in [4.78, 5) is 13.3. The molecule has 2 aliphatic heterocycles. The second kappa shape index (κ2) is 3.59. The van der Waals surface area contributed by atoms with Gasteiger partial charge in [0, 0.05) is 38.2 Å². The number of carbonyl (C=O) groups is 1. The summed E-state index contributed by atoms with van der Waals surface area (Å²) in [5.74, 6) is 0.902. The number of amides is 1. The molecule has 16 heavy (non-hydrogen) atoms. The number of anilines is 1. The monoisotopic (exact) mass is 216 g/mol. The Morgan fingerprint density at radius 1 is 1.31 bits per heavy atom. The molecule has 0 aliphatic carbocycles. The topological polar surface area (TPSA) is 32.3 Å². The van der Waals surface area contributed by atoms with Gasteiger partial charge in [-0.25, -0.2) is 0 Å². The largest absolute Gasteiger partial charge is 0.315 e. The van der Waals surface area contributed by atoms with Crippen molar-refractivity contribution in [2.24, 2.45) is 0 Å². The minimum atomic E-state index is 0.227. The van der Waals surface area contributed by atoms with Gasteiger partial charge in [0.2, 0.25) is 5.91 Å². The maximum atomic E-state index is 11.6. The minimum absolute atomic E-state index is 0.227. The Morgan fingerprint density at radius 3 is 2.81 bits per heavy atom. The zero-order valence-electron chi connectivity index (χ0n) is 9.49. The lowest BCUT2D eigenvalue weighted by molar-refractivity contribution is -0.118. The average Bonchev–Trinajstić information content (AvgIpc) is 2.21. The predicted molar refractivity (Wildman–Crippen MR) is 63.8 cm³/mol. The molecule has 0 aromatic heterocycles. The molecule has 0 radical (unpaired) electrons. The van der Waals surface area contributed by atoms with Crippen LogP contribution < -0.4 is 10.2 Å². The number of rotatable bonds is 1. The molecule has 1 aromatic carbocycles. The fourth-order valence-corrected chi connectivity index (χ4v) is 2.45. The van der Waals surface area contributed by atoms with Crippen LogP contribution in [0.25, 0.3) is 0 Å². The van der Waals surface area contributed by atoms with Crippen molar-refractivity contribution in [1.82, 2.24) is 5.32 Å². The fourth-order valence-electron chi connectivity index (χ4n) is 2.45. The molecule has 3 rings (SSSR count). The van der Waals surface area contributed by atoms with Crippen molar-refractivity contribution in [2.75, 3.05) is 25.0 Å². The normalized spacial score (nSPS) is 20.6. The van der Waals surface area contributed by atoms with E-state index in [4.69, 9.17) is 0 Å². The molecule has 0 bridgehead atoms. The molecular formula is C13H16N2O. The van der Waals surface area contributed by atoms with Crippen LogP contribution in [0, 0.1) is 0 Å². The minimum Gasteiger partial charge on any atom is -0.315 e. The second-order valence-corrected chi connectivity index (χ2v) is 4.70. The Kier molecular flexibility index (Phi) is 2.21. The second-order valence-electron chi connectivity index (χ2n) is 4.70. The number of nitrogens with one attached hydrogen (secondary N) is 1. The molecule has 1 aromatic rings. The van der Waals surface area contributed by atoms with Gasteiger partial charge in [-0.1, -0.05) is 12.1 Å². The van der Waals surface area contributed by atoms with E-state index in [1.54, 1.807) is 4.90 Å². The van der Waals surface area contributed by atoms with Crippen LogP contribution >= 0.6 is 0 Å². The Morgan fingerprint density at radius 2 is 2.12 bits per heavy atom. The summed E-state index contributed by atoms with van der Waals surface area (Å²) >= 11 is 0. The molecule has 2 aliphatic rings. The number of aryl methyl sites for hydroxylation is 1. The zero-order valence-corrected chi connectivity index (χ0v) is 9.49. The van der Waals surface area contributed by atoms with Gasteiger partial charge >= 0.3 is 0 Å². The van der Waals surface area contributed by atoms with E-state index >= 15 is 0 Å². The highest BCUT2D eigenvalue weighted by atomic mass is 16.2. The van der Waals surface area contributed by atoms with Crippen LogP contribution in [0.3, 0.4) is 0 Å². The van der Waals surface area contributed by atoms with Gasteiger partial charge in [0.1, 0.15) is 0 Å². The third-order valence-corrected chi connectivity index (χ3v) is 3.70. The number of benzene rings is 1. The highest BCUT2D eigenvalue weighted by Crippen LogP contribution is 2.30. The third-order valence-electron chi connectivity index (χ3n) is 3.70. The van der Waals surface area contributed by atoms with Crippen LogP contribution in [0.15, 0.2) is 18.2 Å². The Balaban J connectivity index is 1.96. The van der Waals surface area contributed by atoms with Crippen LogP contribution in [-0.4, -0.2) is 26.0 Å². The lowest BCUT2D eigenvalue weighted by atomic mass is 9.90. The van der Waals surface area contributed by atoms with Gasteiger partial charge in [-0.05, 0) is 23.6 Å². The molecule has 0 atom stereocenters. The summed E-state index contributed by atoms with van der Waals surface area (Å²) < 4.78 is 0. The molecule has 1 fully saturated rings. The molecular weight excluding hydrogens is 200 g/mol. The van der Waals surface area contributed by atoms with E-state index in [1.165, 1.54) is 11.1 Å². The number of carbonyl (C=O) groups excluding carboxylic acids is 1. The SMILES string of the molecule is CN1C(=O)CCc2cc(C3CNC3)ccc21. The molecule has 3 heteroatoms. The molecule has 1 N–H and O–H groups in total. The van der Waals surface area contributed by atoms with Gasteiger partial charge in [0.15, 0.2) is 0 Å². The van der Waals surface area contributed by atoms with E-state index in [0.717, 1.165) is 25.2 Å². The highest BCUT2D eigenvalue weighted by molar-refractivity contribution is 5.95. The summed E-state index contributed by atoms with van der Waals surface area (Å²) in [6.07, 6.45) is 1.54. The first kappa shape index (κ1) is 9.85. The summed E-state index contributed by atoms with van der Waals surface area (Å²) in [6, 6.07) is 6.54. The molecule has 2 heterocycles. The summed E-state index contributed by atoms with van der Waals surface area (Å²) in [6.45, 7) is 2.18. The summed E-state index contributed by atoms with van der Waals surface area (Å²) in [5.41, 5.74) is 3.83. The van der Waals surface area contributed by atoms with Gasteiger partial charge in [0.05, 0.1) is 0 Å². The average molecular weight is 216 g/mol. The number of nitrogens with zero attached hydrogens (tertiary/aromatic N) is 1. The van der Waals surface area contributed by atoms with Crippen molar-refractivity contribution in [3.63, 3.8) is 0 Å². The fraction of sp³-hybridized carbons (Fsp3) is 0.462. The van der Waals surface area contributed by atoms with E-state index in [2.05, 4.69) is 23.5 Å². The molecule has 1 saturated heterocycles. The molecule has 0 spiro atoms. The molecule has 0 saturated carbocycles. The van der Waals surface area contributed by atoms with Gasteiger partial charge in [-0.2, -0.15) is 0 Å². The van der Waals surface area contributed by atoms with Crippen LogP contribution in [-0.2, 0) is 11.2 Å². The Hall–Kier alpha value is -1.35. The van der Waals surface area contributed by atoms with E-state index in [0.29, 0.717) is 12.3 Å². The van der Waals surface area contributed by atoms with E-state index < -0.39 is 0 Å². The molecule has 0 unspecified atom stereocenters. The summed E-state index contributed by atoms with van der Waals surface area (Å²) in [5, 5.41) is 3.29. The van der Waals surface area contributed by atoms with E-state index in [9.17, 15) is 4.79 Å². The number of hydrogen-bond acceptors (Lipinski definition) is 2. The zero-order chi connectivity index (χ0) is 11.1. The van der Waals surface area contributed by atoms with Crippen molar-refractivity contribution < 1.29 is 4.79 Å². The first-order chi connectivity index (χ1) is 7.75.